The standard InChI is InChI=1S/C29H40N4O3S/c1-18(2)21-12-8-13-22(16-21)26(34)23-17-37-28(31-23)24-14-9-15-33(24)29(36)25(20-10-6-5-7-11-20)32-27(35)19(3)30-4/h8,12-13,16-20,24-25,30H,5-7,9-11,14-15H2,1-4H3,(H,32,35). The number of aromatic nitrogens is 1. The lowest BCUT2D eigenvalue weighted by Crippen LogP contribution is -2.55. The number of ketones is 1. The molecule has 2 heterocycles. The molecular weight excluding hydrogens is 484 g/mol. The molecule has 1 saturated heterocycles. The molecule has 3 atom stereocenters. The molecule has 1 aromatic heterocycles. The van der Waals surface area contributed by atoms with E-state index in [1.807, 2.05) is 34.5 Å². The zero-order valence-corrected chi connectivity index (χ0v) is 23.3. The molecule has 3 unspecified atom stereocenters. The van der Waals surface area contributed by atoms with E-state index in [2.05, 4.69) is 24.5 Å². The smallest absolute Gasteiger partial charge is 0.246 e. The normalized spacial score (nSPS) is 20.1. The third-order valence-corrected chi connectivity index (χ3v) is 8.85. The van der Waals surface area contributed by atoms with Crippen LogP contribution in [0.5, 0.6) is 0 Å². The highest BCUT2D eigenvalue weighted by Crippen LogP contribution is 2.36. The summed E-state index contributed by atoms with van der Waals surface area (Å²) in [6, 6.07) is 6.68. The van der Waals surface area contributed by atoms with E-state index in [9.17, 15) is 14.4 Å². The maximum Gasteiger partial charge on any atom is 0.246 e. The number of amides is 2. The third-order valence-electron chi connectivity index (χ3n) is 7.90. The Hall–Kier alpha value is -2.58. The van der Waals surface area contributed by atoms with Crippen molar-refractivity contribution in [2.45, 2.75) is 89.8 Å². The second-order valence-corrected chi connectivity index (χ2v) is 11.7. The van der Waals surface area contributed by atoms with Gasteiger partial charge in [0.15, 0.2) is 0 Å². The number of rotatable bonds is 9. The summed E-state index contributed by atoms with van der Waals surface area (Å²) in [5.74, 6) is 0.239. The lowest BCUT2D eigenvalue weighted by Gasteiger charge is -2.35. The molecule has 2 fully saturated rings. The fourth-order valence-electron chi connectivity index (χ4n) is 5.46. The summed E-state index contributed by atoms with van der Waals surface area (Å²) in [6.45, 7) is 6.67. The lowest BCUT2D eigenvalue weighted by molar-refractivity contribution is -0.139. The van der Waals surface area contributed by atoms with Crippen LogP contribution in [0.25, 0.3) is 0 Å². The molecular formula is C29H40N4O3S. The summed E-state index contributed by atoms with van der Waals surface area (Å²) >= 11 is 1.45. The maximum absolute atomic E-state index is 13.9. The van der Waals surface area contributed by atoms with Gasteiger partial charge in [0, 0.05) is 17.5 Å². The lowest BCUT2D eigenvalue weighted by atomic mass is 9.83. The molecule has 0 spiro atoms. The van der Waals surface area contributed by atoms with Crippen LogP contribution in [-0.4, -0.2) is 53.2 Å². The zero-order valence-electron chi connectivity index (χ0n) is 22.5. The molecule has 2 aliphatic rings. The van der Waals surface area contributed by atoms with E-state index in [0.29, 0.717) is 23.7 Å². The van der Waals surface area contributed by atoms with Gasteiger partial charge in [-0.25, -0.2) is 4.98 Å². The predicted molar refractivity (Wildman–Crippen MR) is 147 cm³/mol. The first kappa shape index (κ1) is 27.5. The SMILES string of the molecule is CNC(C)C(=O)NC(C(=O)N1CCCC1c1nc(C(=O)c2cccc(C(C)C)c2)cs1)C1CCCCC1. The minimum Gasteiger partial charge on any atom is -0.343 e. The van der Waals surface area contributed by atoms with Gasteiger partial charge in [-0.2, -0.15) is 0 Å². The molecule has 2 N–H and O–H groups in total. The van der Waals surface area contributed by atoms with E-state index >= 15 is 0 Å². The Balaban J connectivity index is 1.53. The predicted octanol–water partition coefficient (Wildman–Crippen LogP) is 4.83. The van der Waals surface area contributed by atoms with E-state index < -0.39 is 6.04 Å². The highest BCUT2D eigenvalue weighted by atomic mass is 32.1. The second-order valence-electron chi connectivity index (χ2n) is 10.8. The Labute approximate surface area is 224 Å². The van der Waals surface area contributed by atoms with Crippen LogP contribution in [0.3, 0.4) is 0 Å². The zero-order chi connectivity index (χ0) is 26.5. The number of nitrogens with one attached hydrogen (secondary N) is 2. The van der Waals surface area contributed by atoms with Crippen LogP contribution in [0.1, 0.15) is 104 Å². The van der Waals surface area contributed by atoms with E-state index in [0.717, 1.165) is 49.1 Å². The summed E-state index contributed by atoms with van der Waals surface area (Å²) in [7, 11) is 1.75. The molecule has 4 rings (SSSR count). The number of likely N-dealkylation sites (N-methyl/N-ethyl adjacent to an activating group) is 1. The van der Waals surface area contributed by atoms with E-state index in [1.54, 1.807) is 14.0 Å². The van der Waals surface area contributed by atoms with Crippen LogP contribution < -0.4 is 10.6 Å². The van der Waals surface area contributed by atoms with Gasteiger partial charge in [0.1, 0.15) is 16.7 Å². The highest BCUT2D eigenvalue weighted by Gasteiger charge is 2.40. The number of benzene rings is 1. The van der Waals surface area contributed by atoms with Crippen molar-refractivity contribution in [2.75, 3.05) is 13.6 Å². The largest absolute Gasteiger partial charge is 0.343 e. The average Bonchev–Trinajstić information content (AvgIpc) is 3.61. The molecule has 200 valence electrons. The van der Waals surface area contributed by atoms with Crippen molar-refractivity contribution in [1.82, 2.24) is 20.5 Å². The Kier molecular flexibility index (Phi) is 9.13. The van der Waals surface area contributed by atoms with Crippen molar-refractivity contribution in [3.63, 3.8) is 0 Å². The van der Waals surface area contributed by atoms with Crippen molar-refractivity contribution in [3.8, 4) is 0 Å². The van der Waals surface area contributed by atoms with Crippen molar-refractivity contribution >= 4 is 28.9 Å². The monoisotopic (exact) mass is 524 g/mol. The topological polar surface area (TPSA) is 91.4 Å². The van der Waals surface area contributed by atoms with Gasteiger partial charge >= 0.3 is 0 Å². The number of carbonyl (C=O) groups is 3. The van der Waals surface area contributed by atoms with Gasteiger partial charge in [-0.15, -0.1) is 11.3 Å². The van der Waals surface area contributed by atoms with Crippen molar-refractivity contribution < 1.29 is 14.4 Å². The number of carbonyl (C=O) groups excluding carboxylic acids is 3. The van der Waals surface area contributed by atoms with Gasteiger partial charge in [-0.05, 0) is 63.1 Å². The van der Waals surface area contributed by atoms with Gasteiger partial charge in [-0.1, -0.05) is 51.3 Å². The fraction of sp³-hybridized carbons (Fsp3) is 0.586. The van der Waals surface area contributed by atoms with Crippen LogP contribution in [0.15, 0.2) is 29.6 Å². The van der Waals surface area contributed by atoms with Crippen LogP contribution in [-0.2, 0) is 9.59 Å². The summed E-state index contributed by atoms with van der Waals surface area (Å²) in [5.41, 5.74) is 2.19. The number of hydrogen-bond donors (Lipinski definition) is 2. The van der Waals surface area contributed by atoms with Crippen molar-refractivity contribution in [2.24, 2.45) is 5.92 Å². The number of hydrogen-bond acceptors (Lipinski definition) is 6. The molecule has 0 radical (unpaired) electrons. The molecule has 0 bridgehead atoms. The van der Waals surface area contributed by atoms with Crippen LogP contribution in [0.2, 0.25) is 0 Å². The summed E-state index contributed by atoms with van der Waals surface area (Å²) in [6.07, 6.45) is 6.96. The molecule has 7 nitrogen and oxygen atoms in total. The molecule has 1 aliphatic heterocycles. The first-order valence-electron chi connectivity index (χ1n) is 13.7. The number of thiazole rings is 1. The molecule has 37 heavy (non-hydrogen) atoms. The van der Waals surface area contributed by atoms with Crippen molar-refractivity contribution in [3.05, 3.63) is 51.5 Å². The minimum absolute atomic E-state index is 0.0150. The first-order chi connectivity index (χ1) is 17.8. The first-order valence-corrected chi connectivity index (χ1v) is 14.6. The molecule has 1 aromatic carbocycles. The average molecular weight is 525 g/mol. The Morgan fingerprint density at radius 3 is 2.51 bits per heavy atom. The summed E-state index contributed by atoms with van der Waals surface area (Å²) in [5, 5.41) is 8.67. The third kappa shape index (κ3) is 6.29. The van der Waals surface area contributed by atoms with Gasteiger partial charge in [0.2, 0.25) is 17.6 Å². The molecule has 2 amide bonds. The van der Waals surface area contributed by atoms with E-state index in [1.165, 1.54) is 17.8 Å². The minimum atomic E-state index is -0.524. The Morgan fingerprint density at radius 1 is 1.05 bits per heavy atom. The summed E-state index contributed by atoms with van der Waals surface area (Å²) < 4.78 is 0. The van der Waals surface area contributed by atoms with Crippen LogP contribution in [0.4, 0.5) is 0 Å². The fourth-order valence-corrected chi connectivity index (χ4v) is 6.40. The molecule has 1 aliphatic carbocycles. The van der Waals surface area contributed by atoms with Crippen molar-refractivity contribution in [1.29, 1.82) is 0 Å². The molecule has 2 aromatic rings. The highest BCUT2D eigenvalue weighted by molar-refractivity contribution is 7.10. The second kappa shape index (κ2) is 12.3. The number of likely N-dealkylation sites (tertiary alicyclic amines) is 1. The quantitative estimate of drug-likeness (QED) is 0.459. The maximum atomic E-state index is 13.9. The van der Waals surface area contributed by atoms with E-state index in [4.69, 9.17) is 4.98 Å². The summed E-state index contributed by atoms with van der Waals surface area (Å²) in [4.78, 5) is 46.6. The number of nitrogens with zero attached hydrogens (tertiary/aromatic N) is 2. The Morgan fingerprint density at radius 2 is 1.81 bits per heavy atom. The molecule has 8 heteroatoms. The van der Waals surface area contributed by atoms with Gasteiger partial charge in [0.25, 0.3) is 0 Å². The van der Waals surface area contributed by atoms with Crippen LogP contribution >= 0.6 is 11.3 Å². The van der Waals surface area contributed by atoms with Gasteiger partial charge in [-0.3, -0.25) is 14.4 Å². The van der Waals surface area contributed by atoms with Gasteiger partial charge in [0.05, 0.1) is 12.1 Å². The Bertz CT molecular complexity index is 1110. The molecule has 1 saturated carbocycles. The van der Waals surface area contributed by atoms with Crippen LogP contribution in [0, 0.1) is 5.92 Å². The van der Waals surface area contributed by atoms with E-state index in [-0.39, 0.29) is 35.6 Å². The van der Waals surface area contributed by atoms with Gasteiger partial charge < -0.3 is 15.5 Å².